The minimum Gasteiger partial charge on any atom is -0.326 e. The van der Waals surface area contributed by atoms with E-state index in [1.165, 1.54) is 5.56 Å². The molecule has 0 bridgehead atoms. The molecule has 4 rings (SSSR count). The van der Waals surface area contributed by atoms with Gasteiger partial charge in [-0.15, -0.1) is 0 Å². The molecule has 0 aromatic heterocycles. The lowest BCUT2D eigenvalue weighted by atomic mass is 9.86. The number of hydrogen-bond acceptors (Lipinski definition) is 2. The van der Waals surface area contributed by atoms with Crippen LogP contribution in [-0.2, 0) is 24.1 Å². The third kappa shape index (κ3) is 6.46. The van der Waals surface area contributed by atoms with Crippen molar-refractivity contribution in [1.82, 2.24) is 0 Å². The molecule has 1 N–H and O–H groups in total. The van der Waals surface area contributed by atoms with Gasteiger partial charge in [0.2, 0.25) is 5.91 Å². The van der Waals surface area contributed by atoms with Crippen molar-refractivity contribution >= 4 is 23.2 Å². The van der Waals surface area contributed by atoms with Gasteiger partial charge in [-0.05, 0) is 85.0 Å². The first-order valence-electron chi connectivity index (χ1n) is 11.7. The van der Waals surface area contributed by atoms with E-state index in [1.807, 2.05) is 48.5 Å². The molecule has 0 spiro atoms. The largest absolute Gasteiger partial charge is 0.326 e. The molecular formula is C29H29ClN2O. The van der Waals surface area contributed by atoms with Crippen molar-refractivity contribution in [2.24, 2.45) is 11.8 Å². The lowest BCUT2D eigenvalue weighted by Crippen LogP contribution is -2.21. The molecule has 1 amide bonds. The number of anilines is 1. The first-order chi connectivity index (χ1) is 16.1. The van der Waals surface area contributed by atoms with Gasteiger partial charge in [-0.25, -0.2) is 0 Å². The van der Waals surface area contributed by atoms with Gasteiger partial charge in [0.25, 0.3) is 0 Å². The molecule has 0 radical (unpaired) electrons. The fourth-order valence-corrected chi connectivity index (χ4v) is 4.95. The van der Waals surface area contributed by atoms with E-state index in [-0.39, 0.29) is 11.8 Å². The molecule has 1 atom stereocenters. The van der Waals surface area contributed by atoms with Crippen LogP contribution in [-0.4, -0.2) is 5.91 Å². The average molecular weight is 457 g/mol. The second-order valence-corrected chi connectivity index (χ2v) is 9.48. The van der Waals surface area contributed by atoms with E-state index in [0.29, 0.717) is 11.5 Å². The molecule has 1 saturated carbocycles. The zero-order valence-corrected chi connectivity index (χ0v) is 19.5. The van der Waals surface area contributed by atoms with Crippen molar-refractivity contribution < 1.29 is 4.79 Å². The zero-order chi connectivity index (χ0) is 23.0. The molecule has 1 fully saturated rings. The van der Waals surface area contributed by atoms with Crippen LogP contribution in [0.3, 0.4) is 0 Å². The SMILES string of the molecule is N#Cc1cccc(CC(Cc2ccc(Cl)cc2)Cc2ccccc2NC(=O)C2CCCC2)c1. The summed E-state index contributed by atoms with van der Waals surface area (Å²) in [4.78, 5) is 12.8. The Balaban J connectivity index is 1.55. The number of amides is 1. The molecule has 3 aromatic rings. The van der Waals surface area contributed by atoms with Crippen LogP contribution in [0.4, 0.5) is 5.69 Å². The maximum atomic E-state index is 12.8. The number of carbonyl (C=O) groups is 1. The lowest BCUT2D eigenvalue weighted by molar-refractivity contribution is -0.119. The summed E-state index contributed by atoms with van der Waals surface area (Å²) in [6, 6.07) is 26.3. The molecule has 1 aliphatic rings. The minimum absolute atomic E-state index is 0.136. The quantitative estimate of drug-likeness (QED) is 0.397. The van der Waals surface area contributed by atoms with E-state index in [0.717, 1.165) is 66.8 Å². The van der Waals surface area contributed by atoms with Crippen molar-refractivity contribution in [3.63, 3.8) is 0 Å². The number of carbonyl (C=O) groups excluding carboxylic acids is 1. The summed E-state index contributed by atoms with van der Waals surface area (Å²) in [7, 11) is 0. The number of benzene rings is 3. The van der Waals surface area contributed by atoms with Gasteiger partial charge in [0.15, 0.2) is 0 Å². The van der Waals surface area contributed by atoms with E-state index in [1.54, 1.807) is 0 Å². The minimum atomic E-state index is 0.136. The van der Waals surface area contributed by atoms with Gasteiger partial charge in [0.1, 0.15) is 0 Å². The Hall–Kier alpha value is -3.09. The molecule has 0 heterocycles. The second-order valence-electron chi connectivity index (χ2n) is 9.04. The van der Waals surface area contributed by atoms with Crippen LogP contribution in [0.15, 0.2) is 72.8 Å². The molecule has 1 aliphatic carbocycles. The fourth-order valence-electron chi connectivity index (χ4n) is 4.83. The molecular weight excluding hydrogens is 428 g/mol. The van der Waals surface area contributed by atoms with Crippen molar-refractivity contribution in [3.05, 3.63) is 100 Å². The van der Waals surface area contributed by atoms with E-state index in [9.17, 15) is 10.1 Å². The summed E-state index contributed by atoms with van der Waals surface area (Å²) < 4.78 is 0. The monoisotopic (exact) mass is 456 g/mol. The highest BCUT2D eigenvalue weighted by Crippen LogP contribution is 2.29. The molecule has 0 aliphatic heterocycles. The van der Waals surface area contributed by atoms with Crippen LogP contribution in [0.5, 0.6) is 0 Å². The van der Waals surface area contributed by atoms with Crippen LogP contribution < -0.4 is 5.32 Å². The fraction of sp³-hybridized carbons (Fsp3) is 0.310. The van der Waals surface area contributed by atoms with Crippen LogP contribution in [0.25, 0.3) is 0 Å². The van der Waals surface area contributed by atoms with Crippen LogP contribution in [0.2, 0.25) is 5.02 Å². The van der Waals surface area contributed by atoms with E-state index >= 15 is 0 Å². The predicted molar refractivity (Wildman–Crippen MR) is 134 cm³/mol. The standard InChI is InChI=1S/C29H29ClN2O/c30-27-14-12-21(13-15-27)16-24(18-22-6-5-7-23(17-22)20-31)19-26-10-3-4-11-28(26)32-29(33)25-8-1-2-9-25/h3-7,10-15,17,24-25H,1-2,8-9,16,18-19H2,(H,32,33). The average Bonchev–Trinajstić information content (AvgIpc) is 3.37. The predicted octanol–water partition coefficient (Wildman–Crippen LogP) is 6.98. The summed E-state index contributed by atoms with van der Waals surface area (Å²) >= 11 is 6.09. The molecule has 33 heavy (non-hydrogen) atoms. The van der Waals surface area contributed by atoms with Gasteiger partial charge >= 0.3 is 0 Å². The number of nitrogens with one attached hydrogen (secondary N) is 1. The highest BCUT2D eigenvalue weighted by Gasteiger charge is 2.23. The molecule has 168 valence electrons. The maximum absolute atomic E-state index is 12.8. The highest BCUT2D eigenvalue weighted by atomic mass is 35.5. The van der Waals surface area contributed by atoms with E-state index in [4.69, 9.17) is 11.6 Å². The number of nitriles is 1. The number of nitrogens with zero attached hydrogens (tertiary/aromatic N) is 1. The first kappa shape index (κ1) is 23.1. The van der Waals surface area contributed by atoms with Crippen molar-refractivity contribution in [1.29, 1.82) is 5.26 Å². The van der Waals surface area contributed by atoms with Crippen LogP contribution in [0, 0.1) is 23.2 Å². The van der Waals surface area contributed by atoms with Gasteiger partial charge in [-0.2, -0.15) is 5.26 Å². The third-order valence-corrected chi connectivity index (χ3v) is 6.78. The summed E-state index contributed by atoms with van der Waals surface area (Å²) in [6.45, 7) is 0. The maximum Gasteiger partial charge on any atom is 0.227 e. The Morgan fingerprint density at radius 2 is 1.67 bits per heavy atom. The Kier molecular flexibility index (Phi) is 7.81. The molecule has 0 saturated heterocycles. The van der Waals surface area contributed by atoms with Crippen molar-refractivity contribution in [2.75, 3.05) is 5.32 Å². The second kappa shape index (κ2) is 11.2. The molecule has 4 heteroatoms. The van der Waals surface area contributed by atoms with Crippen molar-refractivity contribution in [2.45, 2.75) is 44.9 Å². The Labute approximate surface area is 201 Å². The number of para-hydroxylation sites is 1. The summed E-state index contributed by atoms with van der Waals surface area (Å²) in [5.41, 5.74) is 5.14. The van der Waals surface area contributed by atoms with Crippen molar-refractivity contribution in [3.8, 4) is 6.07 Å². The Morgan fingerprint density at radius 1 is 0.939 bits per heavy atom. The smallest absolute Gasteiger partial charge is 0.227 e. The topological polar surface area (TPSA) is 52.9 Å². The molecule has 1 unspecified atom stereocenters. The Bertz CT molecular complexity index is 1130. The number of hydrogen-bond donors (Lipinski definition) is 1. The summed E-state index contributed by atoms with van der Waals surface area (Å²) in [6.07, 6.45) is 6.84. The third-order valence-electron chi connectivity index (χ3n) is 6.53. The van der Waals surface area contributed by atoms with Crippen LogP contribution in [0.1, 0.15) is 47.9 Å². The molecule has 3 aromatic carbocycles. The van der Waals surface area contributed by atoms with E-state index in [2.05, 4.69) is 35.7 Å². The lowest BCUT2D eigenvalue weighted by Gasteiger charge is -2.20. The first-order valence-corrected chi connectivity index (χ1v) is 12.1. The zero-order valence-electron chi connectivity index (χ0n) is 18.8. The van der Waals surface area contributed by atoms with Gasteiger partial charge < -0.3 is 5.32 Å². The van der Waals surface area contributed by atoms with Gasteiger partial charge in [-0.1, -0.05) is 66.9 Å². The van der Waals surface area contributed by atoms with Gasteiger partial charge in [0, 0.05) is 16.6 Å². The van der Waals surface area contributed by atoms with Gasteiger partial charge in [0.05, 0.1) is 11.6 Å². The highest BCUT2D eigenvalue weighted by molar-refractivity contribution is 6.30. The number of halogens is 1. The van der Waals surface area contributed by atoms with Crippen LogP contribution >= 0.6 is 11.6 Å². The number of rotatable bonds is 8. The Morgan fingerprint density at radius 3 is 2.42 bits per heavy atom. The van der Waals surface area contributed by atoms with Gasteiger partial charge in [-0.3, -0.25) is 4.79 Å². The molecule has 3 nitrogen and oxygen atoms in total. The summed E-state index contributed by atoms with van der Waals surface area (Å²) in [5.74, 6) is 0.595. The summed E-state index contributed by atoms with van der Waals surface area (Å²) in [5, 5.41) is 13.2. The normalized spacial score (nSPS) is 14.5. The van der Waals surface area contributed by atoms with E-state index < -0.39 is 0 Å².